The van der Waals surface area contributed by atoms with Crippen molar-refractivity contribution in [2.24, 2.45) is 0 Å². The number of piperazine rings is 1. The molecule has 0 saturated carbocycles. The first-order valence-electron chi connectivity index (χ1n) is 13.4. The first-order chi connectivity index (χ1) is 19.2. The first kappa shape index (κ1) is 28.9. The molecular formula is C30H38N4O6. The van der Waals surface area contributed by atoms with Crippen molar-refractivity contribution >= 4 is 17.9 Å². The zero-order valence-electron chi connectivity index (χ0n) is 24.0. The molecule has 1 fully saturated rings. The van der Waals surface area contributed by atoms with Crippen LogP contribution in [0.5, 0.6) is 11.5 Å². The highest BCUT2D eigenvalue weighted by Crippen LogP contribution is 2.40. The van der Waals surface area contributed by atoms with Gasteiger partial charge in [0.2, 0.25) is 0 Å². The Kier molecular flexibility index (Phi) is 8.99. The van der Waals surface area contributed by atoms with Crippen molar-refractivity contribution in [1.29, 1.82) is 0 Å². The van der Waals surface area contributed by atoms with E-state index in [0.29, 0.717) is 60.1 Å². The molecule has 1 saturated heterocycles. The van der Waals surface area contributed by atoms with Crippen molar-refractivity contribution in [2.75, 3.05) is 54.1 Å². The number of esters is 1. The molecule has 1 N–H and O–H groups in total. The molecule has 2 heterocycles. The molecule has 2 atom stereocenters. The number of benzene rings is 2. The average Bonchev–Trinajstić information content (AvgIpc) is 2.95. The van der Waals surface area contributed by atoms with Gasteiger partial charge in [-0.1, -0.05) is 29.8 Å². The Hall–Kier alpha value is -4.05. The van der Waals surface area contributed by atoms with Crippen LogP contribution in [0.4, 0.5) is 4.79 Å². The Morgan fingerprint density at radius 1 is 1.05 bits per heavy atom. The minimum atomic E-state index is -0.801. The third-order valence-corrected chi connectivity index (χ3v) is 7.46. The maximum atomic E-state index is 13.4. The summed E-state index contributed by atoms with van der Waals surface area (Å²) in [4.78, 5) is 45.3. The molecule has 4 rings (SSSR count). The van der Waals surface area contributed by atoms with Crippen LogP contribution in [0.2, 0.25) is 0 Å². The Morgan fingerprint density at radius 2 is 1.77 bits per heavy atom. The SMILES string of the molecule is CCOC(=O)C1=C(CN2CCN(C(=O)c3ccc(C)cc3)[C@@H](C)C2)N(C)C(=O)N[C@@H]1c1cccc(OC)c1OC. The predicted molar refractivity (Wildman–Crippen MR) is 150 cm³/mol. The van der Waals surface area contributed by atoms with Crippen LogP contribution in [0, 0.1) is 6.92 Å². The Labute approximate surface area is 235 Å². The van der Waals surface area contributed by atoms with Gasteiger partial charge in [0.1, 0.15) is 0 Å². The smallest absolute Gasteiger partial charge is 0.338 e. The fourth-order valence-electron chi connectivity index (χ4n) is 5.32. The number of nitrogens with one attached hydrogen (secondary N) is 1. The number of carbonyl (C=O) groups excluding carboxylic acids is 3. The van der Waals surface area contributed by atoms with Gasteiger partial charge in [-0.05, 0) is 39.0 Å². The second-order valence-corrected chi connectivity index (χ2v) is 10.1. The van der Waals surface area contributed by atoms with Crippen molar-refractivity contribution in [3.05, 3.63) is 70.4 Å². The molecule has 2 aromatic carbocycles. The lowest BCUT2D eigenvalue weighted by Gasteiger charge is -2.42. The fourth-order valence-corrected chi connectivity index (χ4v) is 5.32. The van der Waals surface area contributed by atoms with Crippen molar-refractivity contribution in [3.63, 3.8) is 0 Å². The number of amides is 3. The maximum Gasteiger partial charge on any atom is 0.338 e. The van der Waals surface area contributed by atoms with Crippen molar-refractivity contribution in [2.45, 2.75) is 32.9 Å². The van der Waals surface area contributed by atoms with Gasteiger partial charge in [0.05, 0.1) is 32.4 Å². The molecule has 40 heavy (non-hydrogen) atoms. The highest BCUT2D eigenvalue weighted by Gasteiger charge is 2.40. The summed E-state index contributed by atoms with van der Waals surface area (Å²) in [7, 11) is 4.70. The number of rotatable bonds is 8. The van der Waals surface area contributed by atoms with Gasteiger partial charge in [-0.15, -0.1) is 0 Å². The zero-order valence-corrected chi connectivity index (χ0v) is 24.0. The number of urea groups is 1. The van der Waals surface area contributed by atoms with E-state index in [4.69, 9.17) is 14.2 Å². The van der Waals surface area contributed by atoms with Gasteiger partial charge in [0.15, 0.2) is 11.5 Å². The predicted octanol–water partition coefficient (Wildman–Crippen LogP) is 3.37. The number of carbonyl (C=O) groups is 3. The number of methoxy groups -OCH3 is 2. The summed E-state index contributed by atoms with van der Waals surface area (Å²) in [5.74, 6) is 0.400. The van der Waals surface area contributed by atoms with E-state index in [-0.39, 0.29) is 24.6 Å². The maximum absolute atomic E-state index is 13.4. The van der Waals surface area contributed by atoms with Crippen LogP contribution < -0.4 is 14.8 Å². The van der Waals surface area contributed by atoms with Crippen LogP contribution in [-0.2, 0) is 9.53 Å². The second-order valence-electron chi connectivity index (χ2n) is 10.1. The second kappa shape index (κ2) is 12.4. The lowest BCUT2D eigenvalue weighted by molar-refractivity contribution is -0.139. The topological polar surface area (TPSA) is 101 Å². The van der Waals surface area contributed by atoms with Gasteiger partial charge >= 0.3 is 12.0 Å². The van der Waals surface area contributed by atoms with E-state index in [1.807, 2.05) is 43.0 Å². The molecule has 214 valence electrons. The van der Waals surface area contributed by atoms with Gasteiger partial charge in [0.25, 0.3) is 5.91 Å². The normalized spacial score (nSPS) is 19.8. The number of hydrogen-bond donors (Lipinski definition) is 1. The summed E-state index contributed by atoms with van der Waals surface area (Å²) in [6, 6.07) is 11.7. The van der Waals surface area contributed by atoms with E-state index >= 15 is 0 Å². The summed E-state index contributed by atoms with van der Waals surface area (Å²) < 4.78 is 16.6. The van der Waals surface area contributed by atoms with Crippen molar-refractivity contribution in [1.82, 2.24) is 20.0 Å². The molecule has 0 unspecified atom stereocenters. The van der Waals surface area contributed by atoms with E-state index in [0.717, 1.165) is 5.56 Å². The number of hydrogen-bond acceptors (Lipinski definition) is 7. The third-order valence-electron chi connectivity index (χ3n) is 7.46. The van der Waals surface area contributed by atoms with Crippen LogP contribution in [0.25, 0.3) is 0 Å². The molecule has 0 bridgehead atoms. The monoisotopic (exact) mass is 550 g/mol. The molecule has 0 aromatic heterocycles. The standard InChI is InChI=1S/C30H38N4O6/c1-7-40-29(36)25-23(32(4)30(37)31-26(25)22-9-8-10-24(38-5)27(22)39-6)18-33-15-16-34(20(3)17-33)28(35)21-13-11-19(2)12-14-21/h8-14,20,26H,7,15-18H2,1-6H3,(H,31,37)/t20-,26+/m0/s1. The molecule has 2 aliphatic rings. The number of ether oxygens (including phenoxy) is 3. The number of nitrogens with zero attached hydrogens (tertiary/aromatic N) is 3. The highest BCUT2D eigenvalue weighted by atomic mass is 16.5. The van der Waals surface area contributed by atoms with Crippen LogP contribution in [0.3, 0.4) is 0 Å². The molecule has 10 heteroatoms. The number of aryl methyl sites for hydroxylation is 1. The molecule has 0 radical (unpaired) electrons. The summed E-state index contributed by atoms with van der Waals surface area (Å²) in [5.41, 5.74) is 3.23. The molecule has 2 aliphatic heterocycles. The Balaban J connectivity index is 1.65. The number of para-hydroxylation sites is 1. The lowest BCUT2D eigenvalue weighted by Crippen LogP contribution is -2.56. The minimum absolute atomic E-state index is 0.00192. The molecule has 2 aromatic rings. The molecular weight excluding hydrogens is 512 g/mol. The molecule has 0 aliphatic carbocycles. The summed E-state index contributed by atoms with van der Waals surface area (Å²) in [6.45, 7) is 7.97. The Bertz CT molecular complexity index is 1290. The summed E-state index contributed by atoms with van der Waals surface area (Å²) in [6.07, 6.45) is 0. The van der Waals surface area contributed by atoms with E-state index < -0.39 is 12.0 Å². The van der Waals surface area contributed by atoms with Gasteiger partial charge in [-0.25, -0.2) is 9.59 Å². The molecule has 10 nitrogen and oxygen atoms in total. The number of likely N-dealkylation sites (N-methyl/N-ethyl adjacent to an activating group) is 1. The third kappa shape index (κ3) is 5.77. The van der Waals surface area contributed by atoms with Gasteiger partial charge < -0.3 is 24.4 Å². The summed E-state index contributed by atoms with van der Waals surface area (Å²) >= 11 is 0. The van der Waals surface area contributed by atoms with E-state index in [1.54, 1.807) is 32.2 Å². The molecule has 0 spiro atoms. The van der Waals surface area contributed by atoms with Crippen LogP contribution in [0.1, 0.15) is 41.4 Å². The van der Waals surface area contributed by atoms with Gasteiger partial charge in [-0.3, -0.25) is 14.6 Å². The van der Waals surface area contributed by atoms with Gasteiger partial charge in [0, 0.05) is 56.1 Å². The van der Waals surface area contributed by atoms with E-state index in [9.17, 15) is 14.4 Å². The van der Waals surface area contributed by atoms with E-state index in [1.165, 1.54) is 19.1 Å². The largest absolute Gasteiger partial charge is 0.493 e. The van der Waals surface area contributed by atoms with Crippen LogP contribution in [0.15, 0.2) is 53.7 Å². The molecule has 3 amide bonds. The Morgan fingerprint density at radius 3 is 2.40 bits per heavy atom. The quantitative estimate of drug-likeness (QED) is 0.503. The minimum Gasteiger partial charge on any atom is -0.493 e. The van der Waals surface area contributed by atoms with Crippen molar-refractivity contribution < 1.29 is 28.6 Å². The average molecular weight is 551 g/mol. The van der Waals surface area contributed by atoms with E-state index in [2.05, 4.69) is 10.2 Å². The lowest BCUT2D eigenvalue weighted by atomic mass is 9.93. The van der Waals surface area contributed by atoms with Crippen LogP contribution in [-0.4, -0.2) is 92.7 Å². The zero-order chi connectivity index (χ0) is 29.0. The highest BCUT2D eigenvalue weighted by molar-refractivity contribution is 5.96. The van der Waals surface area contributed by atoms with Crippen LogP contribution >= 0.6 is 0 Å². The van der Waals surface area contributed by atoms with Gasteiger partial charge in [-0.2, -0.15) is 0 Å². The fraction of sp³-hybridized carbons (Fsp3) is 0.433. The van der Waals surface area contributed by atoms with Crippen molar-refractivity contribution in [3.8, 4) is 11.5 Å². The summed E-state index contributed by atoms with van der Waals surface area (Å²) in [5, 5.41) is 2.94. The first-order valence-corrected chi connectivity index (χ1v) is 13.4.